The van der Waals surface area contributed by atoms with Gasteiger partial charge >= 0.3 is 5.97 Å². The molecule has 10 heteroatoms. The fourth-order valence-corrected chi connectivity index (χ4v) is 6.64. The summed E-state index contributed by atoms with van der Waals surface area (Å²) in [5, 5.41) is 5.38. The Morgan fingerprint density at radius 2 is 1.39 bits per heavy atom. The number of amides is 3. The number of hydrogen-bond donors (Lipinski definition) is 2. The van der Waals surface area contributed by atoms with Gasteiger partial charge in [0.15, 0.2) is 0 Å². The van der Waals surface area contributed by atoms with Crippen LogP contribution in [0.3, 0.4) is 0 Å². The number of ketones is 1. The van der Waals surface area contributed by atoms with Gasteiger partial charge in [-0.15, -0.1) is 11.8 Å². The summed E-state index contributed by atoms with van der Waals surface area (Å²) in [5.74, 6) is -4.65. The number of thioether (sulfide) groups is 1. The molecule has 0 spiro atoms. The van der Waals surface area contributed by atoms with Crippen molar-refractivity contribution in [1.29, 1.82) is 0 Å². The van der Waals surface area contributed by atoms with E-state index in [1.165, 1.54) is 11.8 Å². The van der Waals surface area contributed by atoms with Crippen LogP contribution in [0.4, 0.5) is 0 Å². The molecule has 1 aliphatic rings. The Kier molecular flexibility index (Phi) is 12.1. The minimum Gasteiger partial charge on any atom is -0.457 e. The number of carbonyl (C=O) groups excluding carboxylic acids is 5. The van der Waals surface area contributed by atoms with Gasteiger partial charge < -0.3 is 20.3 Å². The Hall–Kier alpha value is -4.44. The number of esters is 1. The summed E-state index contributed by atoms with van der Waals surface area (Å²) in [6.07, 6.45) is -1.24. The Labute approximate surface area is 274 Å². The first-order valence-electron chi connectivity index (χ1n) is 15.5. The average molecular weight is 644 g/mol. The Morgan fingerprint density at radius 3 is 1.96 bits per heavy atom. The van der Waals surface area contributed by atoms with E-state index in [-0.39, 0.29) is 30.6 Å². The molecule has 1 saturated heterocycles. The van der Waals surface area contributed by atoms with Crippen LogP contribution in [0.1, 0.15) is 49.8 Å². The van der Waals surface area contributed by atoms with E-state index in [0.717, 1.165) is 11.1 Å². The maximum absolute atomic E-state index is 14.4. The largest absolute Gasteiger partial charge is 0.457 e. The topological polar surface area (TPSA) is 122 Å². The monoisotopic (exact) mass is 643 g/mol. The molecule has 3 aromatic rings. The molecular formula is C36H41N3O6S. The van der Waals surface area contributed by atoms with E-state index >= 15 is 0 Å². The van der Waals surface area contributed by atoms with Crippen LogP contribution in [0.15, 0.2) is 91.0 Å². The molecular weight excluding hydrogens is 602 g/mol. The zero-order valence-corrected chi connectivity index (χ0v) is 27.4. The second kappa shape index (κ2) is 16.2. The van der Waals surface area contributed by atoms with Crippen LogP contribution >= 0.6 is 11.8 Å². The van der Waals surface area contributed by atoms with Crippen molar-refractivity contribution in [3.05, 3.63) is 108 Å². The lowest BCUT2D eigenvalue weighted by molar-refractivity contribution is -0.160. The summed E-state index contributed by atoms with van der Waals surface area (Å²) >= 11 is 1.47. The molecule has 0 aromatic heterocycles. The first kappa shape index (κ1) is 34.4. The zero-order chi connectivity index (χ0) is 33.2. The Balaban J connectivity index is 1.61. The first-order valence-corrected chi connectivity index (χ1v) is 16.5. The normalized spacial score (nSPS) is 17.3. The number of nitrogens with zero attached hydrogens (tertiary/aromatic N) is 1. The highest BCUT2D eigenvalue weighted by molar-refractivity contribution is 7.99. The molecule has 1 aliphatic heterocycles. The second-order valence-electron chi connectivity index (χ2n) is 11.9. The molecule has 46 heavy (non-hydrogen) atoms. The first-order chi connectivity index (χ1) is 22.0. The maximum Gasteiger partial charge on any atom is 0.375 e. The summed E-state index contributed by atoms with van der Waals surface area (Å²) in [6.45, 7) is 6.97. The quantitative estimate of drug-likeness (QED) is 0.160. The minimum absolute atomic E-state index is 0.0151. The molecule has 0 radical (unpaired) electrons. The van der Waals surface area contributed by atoms with Crippen molar-refractivity contribution in [3.8, 4) is 0 Å². The van der Waals surface area contributed by atoms with Crippen molar-refractivity contribution in [2.24, 2.45) is 11.8 Å². The molecule has 3 amide bonds. The number of benzene rings is 3. The van der Waals surface area contributed by atoms with Crippen LogP contribution in [-0.4, -0.2) is 58.4 Å². The fraction of sp³-hybridized carbons (Fsp3) is 0.361. The summed E-state index contributed by atoms with van der Waals surface area (Å²) in [4.78, 5) is 68.9. The smallest absolute Gasteiger partial charge is 0.375 e. The summed E-state index contributed by atoms with van der Waals surface area (Å²) in [7, 11) is 0. The van der Waals surface area contributed by atoms with E-state index < -0.39 is 47.3 Å². The number of hydrogen-bond acceptors (Lipinski definition) is 7. The highest BCUT2D eigenvalue weighted by Crippen LogP contribution is 2.41. The van der Waals surface area contributed by atoms with Crippen LogP contribution in [0.2, 0.25) is 0 Å². The van der Waals surface area contributed by atoms with Crippen molar-refractivity contribution in [2.75, 3.05) is 5.75 Å². The molecule has 0 aliphatic carbocycles. The van der Waals surface area contributed by atoms with E-state index in [1.54, 1.807) is 43.0 Å². The van der Waals surface area contributed by atoms with Gasteiger partial charge in [0, 0.05) is 5.75 Å². The number of carbonyl (C=O) groups is 5. The Bertz CT molecular complexity index is 1500. The number of rotatable bonds is 13. The molecule has 1 heterocycles. The van der Waals surface area contributed by atoms with Crippen molar-refractivity contribution in [1.82, 2.24) is 15.5 Å². The van der Waals surface area contributed by atoms with Gasteiger partial charge in [-0.3, -0.25) is 19.2 Å². The third-order valence-corrected chi connectivity index (χ3v) is 8.89. The molecule has 0 saturated carbocycles. The van der Waals surface area contributed by atoms with Gasteiger partial charge in [0.2, 0.25) is 17.7 Å². The lowest BCUT2D eigenvalue weighted by atomic mass is 9.94. The van der Waals surface area contributed by atoms with Crippen LogP contribution in [0.25, 0.3) is 0 Å². The summed E-state index contributed by atoms with van der Waals surface area (Å²) < 4.78 is 5.15. The predicted molar refractivity (Wildman–Crippen MR) is 177 cm³/mol. The third kappa shape index (κ3) is 9.06. The molecule has 4 rings (SSSR count). The highest BCUT2D eigenvalue weighted by Gasteiger charge is 2.44. The van der Waals surface area contributed by atoms with Crippen molar-refractivity contribution < 1.29 is 28.7 Å². The van der Waals surface area contributed by atoms with Gasteiger partial charge in [-0.2, -0.15) is 0 Å². The van der Waals surface area contributed by atoms with Gasteiger partial charge in [0.25, 0.3) is 5.78 Å². The number of nitrogens with one attached hydrogen (secondary N) is 2. The molecule has 9 nitrogen and oxygen atoms in total. The Morgan fingerprint density at radius 1 is 0.826 bits per heavy atom. The van der Waals surface area contributed by atoms with E-state index in [4.69, 9.17) is 4.74 Å². The van der Waals surface area contributed by atoms with Crippen LogP contribution in [-0.2, 0) is 41.6 Å². The molecule has 0 bridgehead atoms. The standard InChI is InChI=1S/C36H41N3O6S/c1-23(2)31(38-30(40)21-26-16-10-6-11-17-26)34(43)39-29(22-46-35(39)27-18-12-7-13-19-27)37-33(42)28(20-25-14-8-5-9-15-25)32(41)36(44)45-24(3)4/h5-19,23-24,28-29,31,35H,20-22H2,1-4H3,(H,37,42)(H,38,40)/t28-,29+,31-,35+/m0/s1. The summed E-state index contributed by atoms with van der Waals surface area (Å²) in [5.41, 5.74) is 2.38. The average Bonchev–Trinajstić information content (AvgIpc) is 3.46. The van der Waals surface area contributed by atoms with Gasteiger partial charge in [0.1, 0.15) is 23.5 Å². The highest BCUT2D eigenvalue weighted by atomic mass is 32.2. The molecule has 4 atom stereocenters. The number of ether oxygens (including phenoxy) is 1. The lowest BCUT2D eigenvalue weighted by Gasteiger charge is -2.35. The fourth-order valence-electron chi connectivity index (χ4n) is 5.27. The zero-order valence-electron chi connectivity index (χ0n) is 26.6. The van der Waals surface area contributed by atoms with E-state index in [0.29, 0.717) is 11.3 Å². The summed E-state index contributed by atoms with van der Waals surface area (Å²) in [6, 6.07) is 26.8. The van der Waals surface area contributed by atoms with Crippen LogP contribution < -0.4 is 10.6 Å². The third-order valence-electron chi connectivity index (χ3n) is 7.56. The molecule has 242 valence electrons. The van der Waals surface area contributed by atoms with Gasteiger partial charge in [-0.25, -0.2) is 4.79 Å². The molecule has 2 N–H and O–H groups in total. The maximum atomic E-state index is 14.4. The van der Waals surface area contributed by atoms with Crippen LogP contribution in [0.5, 0.6) is 0 Å². The van der Waals surface area contributed by atoms with Gasteiger partial charge in [0.05, 0.1) is 12.5 Å². The predicted octanol–water partition coefficient (Wildman–Crippen LogP) is 4.47. The lowest BCUT2D eigenvalue weighted by Crippen LogP contribution is -2.58. The molecule has 3 aromatic carbocycles. The second-order valence-corrected chi connectivity index (χ2v) is 13.0. The van der Waals surface area contributed by atoms with Crippen molar-refractivity contribution in [3.63, 3.8) is 0 Å². The molecule has 0 unspecified atom stereocenters. The minimum atomic E-state index is -1.36. The van der Waals surface area contributed by atoms with Crippen LogP contribution in [0, 0.1) is 11.8 Å². The van der Waals surface area contributed by atoms with Gasteiger partial charge in [-0.05, 0) is 42.9 Å². The van der Waals surface area contributed by atoms with Crippen molar-refractivity contribution in [2.45, 2.75) is 64.2 Å². The van der Waals surface area contributed by atoms with Gasteiger partial charge in [-0.1, -0.05) is 105 Å². The SMILES string of the molecule is CC(C)OC(=O)C(=O)[C@H](Cc1ccccc1)C(=O)N[C@H]1CS[C@H](c2ccccc2)N1C(=O)[C@@H](NC(=O)Cc1ccccc1)C(C)C. The van der Waals surface area contributed by atoms with E-state index in [1.807, 2.05) is 80.6 Å². The van der Waals surface area contributed by atoms with E-state index in [2.05, 4.69) is 10.6 Å². The molecule has 1 fully saturated rings. The van der Waals surface area contributed by atoms with Crippen molar-refractivity contribution >= 4 is 41.2 Å². The number of Topliss-reactive ketones (excluding diaryl/α,β-unsaturated/α-hetero) is 1. The van der Waals surface area contributed by atoms with E-state index in [9.17, 15) is 24.0 Å².